The third-order valence-electron chi connectivity index (χ3n) is 6.79. The van der Waals surface area contributed by atoms with Crippen LogP contribution < -0.4 is 4.90 Å². The summed E-state index contributed by atoms with van der Waals surface area (Å²) in [6.45, 7) is 1.41. The van der Waals surface area contributed by atoms with Gasteiger partial charge in [0.05, 0.1) is 17.3 Å². The molecule has 1 spiro atoms. The third-order valence-corrected chi connectivity index (χ3v) is 7.23. The van der Waals surface area contributed by atoms with Crippen molar-refractivity contribution in [3.05, 3.63) is 63.6 Å². The summed E-state index contributed by atoms with van der Waals surface area (Å²) < 4.78 is 0. The Hall–Kier alpha value is -3.12. The number of hydrogen-bond acceptors (Lipinski definition) is 5. The van der Waals surface area contributed by atoms with Gasteiger partial charge in [-0.05, 0) is 55.3 Å². The topological polar surface area (TPSA) is 105 Å². The first-order valence-corrected chi connectivity index (χ1v) is 12.0. The normalized spacial score (nSPS) is 22.3. The van der Waals surface area contributed by atoms with E-state index < -0.39 is 17.5 Å². The molecule has 1 N–H and O–H groups in total. The van der Waals surface area contributed by atoms with E-state index in [2.05, 4.69) is 11.0 Å². The number of amides is 3. The van der Waals surface area contributed by atoms with Gasteiger partial charge in [0.1, 0.15) is 5.54 Å². The van der Waals surface area contributed by atoms with Crippen LogP contribution >= 0.6 is 23.2 Å². The van der Waals surface area contributed by atoms with Gasteiger partial charge in [0.15, 0.2) is 0 Å². The molecule has 4 rings (SSSR count). The maximum atomic E-state index is 14.1. The van der Waals surface area contributed by atoms with Crippen LogP contribution in [-0.2, 0) is 9.59 Å². The molecule has 2 aromatic carbocycles. The van der Waals surface area contributed by atoms with Crippen molar-refractivity contribution in [2.24, 2.45) is 0 Å². The number of anilines is 1. The fourth-order valence-electron chi connectivity index (χ4n) is 5.08. The number of benzene rings is 2. The van der Waals surface area contributed by atoms with Gasteiger partial charge in [-0.25, -0.2) is 9.69 Å². The summed E-state index contributed by atoms with van der Waals surface area (Å²) in [4.78, 5) is 43.1. The molecule has 0 saturated carbocycles. The van der Waals surface area contributed by atoms with Gasteiger partial charge < -0.3 is 10.0 Å². The number of unbranched alkanes of at least 4 members (excludes halogenated alkanes) is 1. The Labute approximate surface area is 213 Å². The Balaban J connectivity index is 1.71. The molecular formula is C25H24Cl2N4O4. The number of rotatable bonds is 7. The number of nitriles is 1. The van der Waals surface area contributed by atoms with Gasteiger partial charge in [0, 0.05) is 42.5 Å². The molecule has 0 bridgehead atoms. The number of carboxylic acids is 1. The van der Waals surface area contributed by atoms with Gasteiger partial charge >= 0.3 is 12.0 Å². The zero-order valence-electron chi connectivity index (χ0n) is 19.1. The van der Waals surface area contributed by atoms with Crippen molar-refractivity contribution < 1.29 is 19.5 Å². The van der Waals surface area contributed by atoms with E-state index in [1.165, 1.54) is 23.1 Å². The maximum absolute atomic E-state index is 14.1. The summed E-state index contributed by atoms with van der Waals surface area (Å²) in [7, 11) is 1.62. The number of likely N-dealkylation sites (tertiary alicyclic amines) is 1. The van der Waals surface area contributed by atoms with Crippen molar-refractivity contribution >= 4 is 46.8 Å². The Morgan fingerprint density at radius 1 is 1.14 bits per heavy atom. The predicted molar refractivity (Wildman–Crippen MR) is 132 cm³/mol. The maximum Gasteiger partial charge on any atom is 0.332 e. The quantitative estimate of drug-likeness (QED) is 0.434. The number of carboxylic acid groups (broad SMARTS) is 1. The van der Waals surface area contributed by atoms with Crippen LogP contribution in [-0.4, -0.2) is 65.0 Å². The van der Waals surface area contributed by atoms with E-state index in [1.807, 2.05) is 12.1 Å². The number of hydrogen-bond donors (Lipinski definition) is 1. The number of nitrogens with zero attached hydrogens (tertiary/aromatic N) is 4. The number of likely N-dealkylation sites (N-methyl/N-ethyl adjacent to an activating group) is 1. The molecule has 2 aromatic rings. The first kappa shape index (κ1) is 25.0. The fraction of sp³-hybridized carbons (Fsp3) is 0.360. The van der Waals surface area contributed by atoms with Gasteiger partial charge in [0.2, 0.25) is 0 Å². The van der Waals surface area contributed by atoms with Crippen molar-refractivity contribution in [2.75, 3.05) is 31.6 Å². The molecule has 2 aliphatic rings. The number of urea groups is 1. The van der Waals surface area contributed by atoms with Crippen LogP contribution in [0.25, 0.3) is 0 Å². The molecule has 0 radical (unpaired) electrons. The molecule has 0 aromatic heterocycles. The molecule has 182 valence electrons. The highest BCUT2D eigenvalue weighted by atomic mass is 35.5. The van der Waals surface area contributed by atoms with E-state index in [0.717, 1.165) is 10.5 Å². The van der Waals surface area contributed by atoms with Crippen molar-refractivity contribution in [1.82, 2.24) is 9.80 Å². The third kappa shape index (κ3) is 4.59. The van der Waals surface area contributed by atoms with Crippen molar-refractivity contribution in [1.29, 1.82) is 5.26 Å². The van der Waals surface area contributed by atoms with E-state index in [1.54, 1.807) is 19.2 Å². The average molecular weight is 515 g/mol. The van der Waals surface area contributed by atoms with Crippen LogP contribution in [0.1, 0.15) is 36.3 Å². The van der Waals surface area contributed by atoms with Crippen LogP contribution in [0.3, 0.4) is 0 Å². The Kier molecular flexibility index (Phi) is 7.04. The zero-order chi connectivity index (χ0) is 25.3. The summed E-state index contributed by atoms with van der Waals surface area (Å²) in [5, 5.41) is 18.7. The van der Waals surface area contributed by atoms with Crippen molar-refractivity contribution in [3.8, 4) is 6.07 Å². The Morgan fingerprint density at radius 3 is 2.40 bits per heavy atom. The van der Waals surface area contributed by atoms with Crippen molar-refractivity contribution in [3.63, 3.8) is 0 Å². The van der Waals surface area contributed by atoms with E-state index in [9.17, 15) is 19.6 Å². The lowest BCUT2D eigenvalue weighted by Crippen LogP contribution is -2.53. The molecule has 3 amide bonds. The van der Waals surface area contributed by atoms with E-state index in [-0.39, 0.29) is 18.2 Å². The molecule has 2 saturated heterocycles. The number of aliphatic carboxylic acids is 1. The molecule has 2 unspecified atom stereocenters. The largest absolute Gasteiger partial charge is 0.481 e. The number of carbonyl (C=O) groups excluding carboxylic acids is 2. The molecule has 0 aliphatic carbocycles. The highest BCUT2D eigenvalue weighted by Crippen LogP contribution is 2.46. The molecule has 2 fully saturated rings. The molecule has 10 heteroatoms. The second-order valence-electron chi connectivity index (χ2n) is 8.91. The minimum atomic E-state index is -1.17. The molecule has 35 heavy (non-hydrogen) atoms. The molecule has 8 nitrogen and oxygen atoms in total. The van der Waals surface area contributed by atoms with Gasteiger partial charge in [-0.3, -0.25) is 14.5 Å². The number of halogens is 2. The fourth-order valence-corrected chi connectivity index (χ4v) is 5.59. The lowest BCUT2D eigenvalue weighted by molar-refractivity contribution is -0.137. The van der Waals surface area contributed by atoms with E-state index in [0.29, 0.717) is 53.8 Å². The minimum absolute atomic E-state index is 0.0820. The first-order valence-electron chi connectivity index (χ1n) is 11.2. The van der Waals surface area contributed by atoms with Crippen LogP contribution in [0.15, 0.2) is 42.5 Å². The molecule has 2 atom stereocenters. The predicted octanol–water partition coefficient (Wildman–Crippen LogP) is 4.36. The van der Waals surface area contributed by atoms with Gasteiger partial charge in [-0.15, -0.1) is 0 Å². The van der Waals surface area contributed by atoms with E-state index >= 15 is 0 Å². The highest BCUT2D eigenvalue weighted by molar-refractivity contribution is 6.35. The molecule has 2 heterocycles. The summed E-state index contributed by atoms with van der Waals surface area (Å²) in [6.07, 6.45) is 1.26. The van der Waals surface area contributed by atoms with Crippen LogP contribution in [0, 0.1) is 11.3 Å². The first-order chi connectivity index (χ1) is 16.7. The van der Waals surface area contributed by atoms with Gasteiger partial charge in [-0.1, -0.05) is 35.3 Å². The molecular weight excluding hydrogens is 491 g/mol. The smallest absolute Gasteiger partial charge is 0.332 e. The lowest BCUT2D eigenvalue weighted by atomic mass is 9.80. The summed E-state index contributed by atoms with van der Waals surface area (Å²) in [5.74, 6) is -1.56. The molecule has 2 aliphatic heterocycles. The van der Waals surface area contributed by atoms with E-state index in [4.69, 9.17) is 28.3 Å². The van der Waals surface area contributed by atoms with Gasteiger partial charge in [-0.2, -0.15) is 5.26 Å². The second kappa shape index (κ2) is 9.86. The minimum Gasteiger partial charge on any atom is -0.481 e. The average Bonchev–Trinajstić information content (AvgIpc) is 3.28. The number of imide groups is 1. The Morgan fingerprint density at radius 2 is 1.80 bits per heavy atom. The monoisotopic (exact) mass is 514 g/mol. The highest BCUT2D eigenvalue weighted by Gasteiger charge is 2.64. The van der Waals surface area contributed by atoms with Crippen molar-refractivity contribution in [2.45, 2.75) is 30.7 Å². The summed E-state index contributed by atoms with van der Waals surface area (Å²) >= 11 is 12.3. The SMILES string of the molecule is CN1C(=O)N(c2cc(Cl)cc(Cl)c2)C(=O)C12CN(CCCCC(=O)O)CC2c1ccc(C#N)cc1. The van der Waals surface area contributed by atoms with Crippen LogP contribution in [0.4, 0.5) is 10.5 Å². The number of carbonyl (C=O) groups is 3. The van der Waals surface area contributed by atoms with Crippen LogP contribution in [0.2, 0.25) is 10.0 Å². The Bertz CT molecular complexity index is 1190. The summed E-state index contributed by atoms with van der Waals surface area (Å²) in [6, 6.07) is 13.3. The van der Waals surface area contributed by atoms with Crippen LogP contribution in [0.5, 0.6) is 0 Å². The second-order valence-corrected chi connectivity index (χ2v) is 9.78. The van der Waals surface area contributed by atoms with Gasteiger partial charge in [0.25, 0.3) is 5.91 Å². The standard InChI is InChI=1S/C25H24Cl2N4O4/c1-29-24(35)31(20-11-18(26)10-19(27)12-20)23(34)25(29)15-30(9-3-2-4-22(32)33)14-21(25)17-7-5-16(13-28)6-8-17/h5-8,10-12,21H,2-4,9,14-15H2,1H3,(H,32,33). The lowest BCUT2D eigenvalue weighted by Gasteiger charge is -2.34. The zero-order valence-corrected chi connectivity index (χ0v) is 20.6. The summed E-state index contributed by atoms with van der Waals surface area (Å²) in [5.41, 5.74) is 0.478.